The zero-order chi connectivity index (χ0) is 31.7. The van der Waals surface area contributed by atoms with E-state index in [1.165, 1.54) is 17.0 Å². The predicted octanol–water partition coefficient (Wildman–Crippen LogP) is 6.48. The third-order valence-corrected chi connectivity index (χ3v) is 9.12. The molecule has 3 rings (SSSR count). The highest BCUT2D eigenvalue weighted by atomic mass is 35.5. The first kappa shape index (κ1) is 34.2. The maximum absolute atomic E-state index is 14.2. The van der Waals surface area contributed by atoms with Gasteiger partial charge < -0.3 is 15.0 Å². The van der Waals surface area contributed by atoms with Crippen molar-refractivity contribution in [3.05, 3.63) is 87.9 Å². The van der Waals surface area contributed by atoms with Crippen LogP contribution in [0.5, 0.6) is 5.75 Å². The molecular weight excluding hydrogens is 609 g/mol. The fourth-order valence-electron chi connectivity index (χ4n) is 4.42. The van der Waals surface area contributed by atoms with Crippen LogP contribution in [0.25, 0.3) is 0 Å². The van der Waals surface area contributed by atoms with Gasteiger partial charge in [0.15, 0.2) is 0 Å². The fraction of sp³-hybridized carbons (Fsp3) is 0.375. The Bertz CT molecular complexity index is 1500. The minimum Gasteiger partial charge on any atom is -0.494 e. The molecule has 0 aromatic heterocycles. The van der Waals surface area contributed by atoms with Gasteiger partial charge in [0.1, 0.15) is 18.3 Å². The van der Waals surface area contributed by atoms with Crippen molar-refractivity contribution in [2.45, 2.75) is 58.5 Å². The van der Waals surface area contributed by atoms with E-state index in [1.54, 1.807) is 61.5 Å². The fourth-order valence-corrected chi connectivity index (χ4v) is 6.30. The molecule has 11 heteroatoms. The lowest BCUT2D eigenvalue weighted by Crippen LogP contribution is -2.52. The second-order valence-corrected chi connectivity index (χ2v) is 13.3. The number of carbonyl (C=O) groups is 2. The second kappa shape index (κ2) is 15.5. The highest BCUT2D eigenvalue weighted by Crippen LogP contribution is 2.28. The Morgan fingerprint density at radius 3 is 2.16 bits per heavy atom. The number of anilines is 1. The smallest absolute Gasteiger partial charge is 0.264 e. The molecule has 0 unspecified atom stereocenters. The molecular formula is C32H39Cl2N3O5S. The Balaban J connectivity index is 2.07. The van der Waals surface area contributed by atoms with Crippen LogP contribution < -0.4 is 14.4 Å². The molecule has 0 aliphatic rings. The summed E-state index contributed by atoms with van der Waals surface area (Å²) in [5.41, 5.74) is 1.74. The van der Waals surface area contributed by atoms with E-state index in [0.29, 0.717) is 40.9 Å². The number of ether oxygens (including phenoxy) is 1. The number of hydrogen-bond donors (Lipinski definition) is 1. The summed E-state index contributed by atoms with van der Waals surface area (Å²) in [6.45, 7) is 9.76. The van der Waals surface area contributed by atoms with Gasteiger partial charge in [-0.3, -0.25) is 13.9 Å². The first-order valence-corrected chi connectivity index (χ1v) is 16.4. The highest BCUT2D eigenvalue weighted by molar-refractivity contribution is 7.92. The van der Waals surface area contributed by atoms with Crippen molar-refractivity contribution in [1.82, 2.24) is 10.2 Å². The van der Waals surface area contributed by atoms with E-state index in [4.69, 9.17) is 27.9 Å². The lowest BCUT2D eigenvalue weighted by Gasteiger charge is -2.33. The van der Waals surface area contributed by atoms with Gasteiger partial charge in [0.2, 0.25) is 11.8 Å². The Morgan fingerprint density at radius 1 is 0.953 bits per heavy atom. The zero-order valence-electron chi connectivity index (χ0n) is 25.1. The van der Waals surface area contributed by atoms with Crippen molar-refractivity contribution in [3.63, 3.8) is 0 Å². The Labute approximate surface area is 265 Å². The van der Waals surface area contributed by atoms with Gasteiger partial charge in [0.05, 0.1) is 17.2 Å². The molecule has 2 amide bonds. The van der Waals surface area contributed by atoms with Crippen molar-refractivity contribution in [1.29, 1.82) is 0 Å². The lowest BCUT2D eigenvalue weighted by atomic mass is 10.1. The maximum atomic E-state index is 14.2. The number of amides is 2. The van der Waals surface area contributed by atoms with Crippen LogP contribution in [0.1, 0.15) is 45.2 Å². The molecule has 0 heterocycles. The van der Waals surface area contributed by atoms with Crippen LogP contribution in [0, 0.1) is 12.8 Å². The predicted molar refractivity (Wildman–Crippen MR) is 172 cm³/mol. The first-order valence-electron chi connectivity index (χ1n) is 14.2. The summed E-state index contributed by atoms with van der Waals surface area (Å²) in [5.74, 6) is -0.131. The molecule has 3 aromatic rings. The van der Waals surface area contributed by atoms with Gasteiger partial charge in [-0.15, -0.1) is 0 Å². The van der Waals surface area contributed by atoms with Gasteiger partial charge >= 0.3 is 0 Å². The van der Waals surface area contributed by atoms with Gasteiger partial charge in [0.25, 0.3) is 10.0 Å². The van der Waals surface area contributed by atoms with E-state index in [0.717, 1.165) is 9.87 Å². The molecule has 0 bridgehead atoms. The van der Waals surface area contributed by atoms with E-state index < -0.39 is 28.5 Å². The average molecular weight is 649 g/mol. The molecule has 232 valence electrons. The van der Waals surface area contributed by atoms with Crippen LogP contribution in [0.3, 0.4) is 0 Å². The van der Waals surface area contributed by atoms with Crippen LogP contribution in [-0.4, -0.2) is 50.9 Å². The van der Waals surface area contributed by atoms with Crippen molar-refractivity contribution in [3.8, 4) is 5.75 Å². The molecule has 0 saturated heterocycles. The summed E-state index contributed by atoms with van der Waals surface area (Å²) < 4.78 is 34.6. The Kier molecular flexibility index (Phi) is 12.3. The molecule has 0 aliphatic heterocycles. The van der Waals surface area contributed by atoms with E-state index in [-0.39, 0.29) is 29.0 Å². The van der Waals surface area contributed by atoms with Crippen molar-refractivity contribution in [2.75, 3.05) is 24.0 Å². The molecule has 8 nitrogen and oxygen atoms in total. The largest absolute Gasteiger partial charge is 0.494 e. The van der Waals surface area contributed by atoms with E-state index in [9.17, 15) is 18.0 Å². The first-order chi connectivity index (χ1) is 20.4. The van der Waals surface area contributed by atoms with Gasteiger partial charge in [-0.05, 0) is 80.3 Å². The van der Waals surface area contributed by atoms with Crippen LogP contribution in [-0.2, 0) is 26.2 Å². The summed E-state index contributed by atoms with van der Waals surface area (Å²) in [5, 5.41) is 3.67. The van der Waals surface area contributed by atoms with Crippen LogP contribution in [0.15, 0.2) is 71.6 Å². The third-order valence-electron chi connectivity index (χ3n) is 6.75. The lowest BCUT2D eigenvalue weighted by molar-refractivity contribution is -0.140. The number of benzene rings is 3. The van der Waals surface area contributed by atoms with Gasteiger partial charge in [-0.1, -0.05) is 67.7 Å². The molecule has 1 N–H and O–H groups in total. The SMILES string of the molecule is CCOc1ccc(N(CC(=O)N(Cc2ccc(Cl)cc2Cl)[C@@H](CC)C(=O)NCC(C)C)S(=O)(=O)c2ccc(C)cc2)cc1. The van der Waals surface area contributed by atoms with Crippen LogP contribution >= 0.6 is 23.2 Å². The molecule has 0 fully saturated rings. The van der Waals surface area contributed by atoms with Crippen molar-refractivity contribution >= 4 is 50.7 Å². The zero-order valence-corrected chi connectivity index (χ0v) is 27.5. The van der Waals surface area contributed by atoms with Crippen molar-refractivity contribution in [2.24, 2.45) is 5.92 Å². The molecule has 0 spiro atoms. The molecule has 3 aromatic carbocycles. The number of nitrogens with one attached hydrogen (secondary N) is 1. The van der Waals surface area contributed by atoms with E-state index >= 15 is 0 Å². The highest BCUT2D eigenvalue weighted by Gasteiger charge is 2.34. The summed E-state index contributed by atoms with van der Waals surface area (Å²) in [4.78, 5) is 29.0. The average Bonchev–Trinajstić information content (AvgIpc) is 2.96. The van der Waals surface area contributed by atoms with Gasteiger partial charge in [-0.25, -0.2) is 8.42 Å². The number of sulfonamides is 1. The Morgan fingerprint density at radius 2 is 1.60 bits per heavy atom. The van der Waals surface area contributed by atoms with Gasteiger partial charge in [0, 0.05) is 23.1 Å². The topological polar surface area (TPSA) is 96.0 Å². The minimum atomic E-state index is -4.18. The summed E-state index contributed by atoms with van der Waals surface area (Å²) in [6, 6.07) is 17.0. The third kappa shape index (κ3) is 9.11. The standard InChI is InChI=1S/C32H39Cl2N3O5S/c1-6-30(32(39)35-19-22(3)4)36(20-24-10-11-25(33)18-29(24)34)31(38)21-37(26-12-14-27(15-13-26)42-7-2)43(40,41)28-16-8-23(5)9-17-28/h8-18,22,30H,6-7,19-21H2,1-5H3,(H,35,39)/t30-/m0/s1. The normalized spacial score (nSPS) is 12.1. The molecule has 1 atom stereocenters. The number of halogens is 2. The Hall–Kier alpha value is -3.27. The monoisotopic (exact) mass is 647 g/mol. The van der Waals surface area contributed by atoms with E-state index in [1.807, 2.05) is 27.7 Å². The van der Waals surface area contributed by atoms with Crippen molar-refractivity contribution < 1.29 is 22.7 Å². The number of aryl methyl sites for hydroxylation is 1. The number of hydrogen-bond acceptors (Lipinski definition) is 5. The molecule has 0 aliphatic carbocycles. The minimum absolute atomic E-state index is 0.0237. The van der Waals surface area contributed by atoms with Gasteiger partial charge in [-0.2, -0.15) is 0 Å². The quantitative estimate of drug-likeness (QED) is 0.216. The van der Waals surface area contributed by atoms with E-state index in [2.05, 4.69) is 5.32 Å². The van der Waals surface area contributed by atoms with Crippen LogP contribution in [0.2, 0.25) is 10.0 Å². The summed E-state index contributed by atoms with van der Waals surface area (Å²) >= 11 is 12.6. The second-order valence-electron chi connectivity index (χ2n) is 10.6. The van der Waals surface area contributed by atoms with Crippen LogP contribution in [0.4, 0.5) is 5.69 Å². The maximum Gasteiger partial charge on any atom is 0.264 e. The summed E-state index contributed by atoms with van der Waals surface area (Å²) in [7, 11) is -4.18. The molecule has 0 saturated carbocycles. The number of carbonyl (C=O) groups excluding carboxylic acids is 2. The number of nitrogens with zero attached hydrogens (tertiary/aromatic N) is 2. The molecule has 0 radical (unpaired) electrons. The summed E-state index contributed by atoms with van der Waals surface area (Å²) in [6.07, 6.45) is 0.300. The molecule has 43 heavy (non-hydrogen) atoms. The number of rotatable bonds is 14.